The summed E-state index contributed by atoms with van der Waals surface area (Å²) >= 11 is 8.47. The van der Waals surface area contributed by atoms with E-state index in [-0.39, 0.29) is 5.41 Å². The first-order valence-corrected chi connectivity index (χ1v) is 10.9. The maximum absolute atomic E-state index is 13.4. The Labute approximate surface area is 183 Å². The van der Waals surface area contributed by atoms with E-state index in [1.807, 2.05) is 24.3 Å². The van der Waals surface area contributed by atoms with Gasteiger partial charge in [-0.25, -0.2) is 0 Å². The predicted octanol–water partition coefficient (Wildman–Crippen LogP) is 7.21. The minimum Gasteiger partial charge on any atom is -0.294 e. The van der Waals surface area contributed by atoms with Crippen molar-refractivity contribution in [2.75, 3.05) is 0 Å². The summed E-state index contributed by atoms with van der Waals surface area (Å²) in [5.74, 6) is 0.295. The van der Waals surface area contributed by atoms with Crippen LogP contribution in [0.25, 0.3) is 16.7 Å². The molecule has 1 spiro atoms. The molecular weight excluding hydrogens is 479 g/mol. The number of fused-ring (bicyclic) bond motifs is 1. The first-order valence-electron chi connectivity index (χ1n) is 9.43. The molecule has 28 heavy (non-hydrogen) atoms. The lowest BCUT2D eigenvalue weighted by Gasteiger charge is -2.21. The Bertz CT molecular complexity index is 1130. The van der Waals surface area contributed by atoms with E-state index in [0.717, 1.165) is 36.0 Å². The van der Waals surface area contributed by atoms with Gasteiger partial charge >= 0.3 is 0 Å². The minimum atomic E-state index is -0.298. The number of rotatable bonds is 2. The molecule has 0 amide bonds. The van der Waals surface area contributed by atoms with Crippen molar-refractivity contribution in [3.63, 3.8) is 0 Å². The summed E-state index contributed by atoms with van der Waals surface area (Å²) in [6.07, 6.45) is 4.76. The van der Waals surface area contributed by atoms with Crippen LogP contribution in [0.1, 0.15) is 34.3 Å². The second kappa shape index (κ2) is 6.85. The molecule has 0 aliphatic heterocycles. The molecule has 0 saturated heterocycles. The van der Waals surface area contributed by atoms with Crippen molar-refractivity contribution in [1.82, 2.24) is 0 Å². The van der Waals surface area contributed by atoms with Gasteiger partial charge in [-0.05, 0) is 100 Å². The molecule has 3 aromatic rings. The van der Waals surface area contributed by atoms with Gasteiger partial charge in [-0.1, -0.05) is 54.1 Å². The monoisotopic (exact) mass is 496 g/mol. The fourth-order valence-corrected chi connectivity index (χ4v) is 5.09. The van der Waals surface area contributed by atoms with Gasteiger partial charge in [-0.2, -0.15) is 0 Å². The van der Waals surface area contributed by atoms with Crippen LogP contribution in [0.15, 0.2) is 72.8 Å². The summed E-state index contributed by atoms with van der Waals surface area (Å²) in [7, 11) is 0. The summed E-state index contributed by atoms with van der Waals surface area (Å²) in [6.45, 7) is 0. The van der Waals surface area contributed by atoms with Gasteiger partial charge in [0, 0.05) is 19.6 Å². The lowest BCUT2D eigenvalue weighted by molar-refractivity contribution is 0.0836. The number of hydrogen-bond acceptors (Lipinski definition) is 1. The van der Waals surface area contributed by atoms with Gasteiger partial charge in [-0.3, -0.25) is 4.79 Å². The van der Waals surface area contributed by atoms with Gasteiger partial charge < -0.3 is 0 Å². The van der Waals surface area contributed by atoms with E-state index in [9.17, 15) is 4.79 Å². The van der Waals surface area contributed by atoms with Gasteiger partial charge in [0.1, 0.15) is 0 Å². The normalized spacial score (nSPS) is 20.5. The lowest BCUT2D eigenvalue weighted by Crippen LogP contribution is -2.24. The molecule has 0 N–H and O–H groups in total. The molecule has 0 fully saturated rings. The number of halogens is 2. The van der Waals surface area contributed by atoms with Gasteiger partial charge in [0.25, 0.3) is 0 Å². The molecule has 2 aliphatic rings. The van der Waals surface area contributed by atoms with E-state index in [1.54, 1.807) is 0 Å². The van der Waals surface area contributed by atoms with Gasteiger partial charge in [0.05, 0.1) is 0 Å². The third-order valence-electron chi connectivity index (χ3n) is 6.01. The number of ketones is 1. The quantitative estimate of drug-likeness (QED) is 0.343. The molecule has 138 valence electrons. The molecule has 0 radical (unpaired) electrons. The van der Waals surface area contributed by atoms with E-state index in [4.69, 9.17) is 11.6 Å². The maximum atomic E-state index is 13.4. The third-order valence-corrected chi connectivity index (χ3v) is 6.96. The molecule has 1 atom stereocenters. The Morgan fingerprint density at radius 2 is 1.61 bits per heavy atom. The molecule has 5 rings (SSSR count). The van der Waals surface area contributed by atoms with E-state index in [2.05, 4.69) is 71.1 Å². The summed E-state index contributed by atoms with van der Waals surface area (Å²) in [4.78, 5) is 13.4. The summed E-state index contributed by atoms with van der Waals surface area (Å²) in [6, 6.07) is 22.7. The number of Topliss-reactive ketones (excluding diaryl/α,β-unsaturated/α-hetero) is 1. The standard InChI is InChI=1S/C25H18ClIO/c26-21-3-1-2-17(12-21)18-4-5-20-15-25(24(28)23(20)13-18)11-10-19(14-25)16-6-8-22(27)9-7-16/h1-10,12-13H,11,14-15H2. The van der Waals surface area contributed by atoms with Crippen molar-refractivity contribution in [3.05, 3.63) is 98.1 Å². The Hall–Kier alpha value is -1.91. The van der Waals surface area contributed by atoms with Crippen LogP contribution in [0.3, 0.4) is 0 Å². The van der Waals surface area contributed by atoms with Gasteiger partial charge in [-0.15, -0.1) is 0 Å². The van der Waals surface area contributed by atoms with Crippen LogP contribution >= 0.6 is 34.2 Å². The van der Waals surface area contributed by atoms with Crippen molar-refractivity contribution >= 4 is 45.5 Å². The summed E-state index contributed by atoms with van der Waals surface area (Å²) in [5.41, 5.74) is 6.40. The Morgan fingerprint density at radius 3 is 2.39 bits per heavy atom. The second-order valence-corrected chi connectivity index (χ2v) is 9.47. The highest BCUT2D eigenvalue weighted by Crippen LogP contribution is 2.51. The summed E-state index contributed by atoms with van der Waals surface area (Å²) in [5, 5.41) is 0.711. The van der Waals surface area contributed by atoms with Crippen molar-refractivity contribution in [2.24, 2.45) is 5.41 Å². The first kappa shape index (κ1) is 18.1. The Kier molecular flexibility index (Phi) is 4.44. The van der Waals surface area contributed by atoms with E-state index >= 15 is 0 Å². The highest BCUT2D eigenvalue weighted by Gasteiger charge is 2.47. The van der Waals surface area contributed by atoms with Crippen LogP contribution in [-0.4, -0.2) is 5.78 Å². The largest absolute Gasteiger partial charge is 0.294 e. The average Bonchev–Trinajstić information content (AvgIpc) is 3.24. The van der Waals surface area contributed by atoms with Crippen LogP contribution in [0.4, 0.5) is 0 Å². The molecule has 3 aromatic carbocycles. The average molecular weight is 497 g/mol. The van der Waals surface area contributed by atoms with Crippen LogP contribution in [0, 0.1) is 8.99 Å². The van der Waals surface area contributed by atoms with Crippen LogP contribution < -0.4 is 0 Å². The Morgan fingerprint density at radius 1 is 0.857 bits per heavy atom. The van der Waals surface area contributed by atoms with Crippen LogP contribution in [0.2, 0.25) is 5.02 Å². The number of carbonyl (C=O) groups excluding carboxylic acids is 1. The molecule has 0 heterocycles. The topological polar surface area (TPSA) is 17.1 Å². The number of benzene rings is 3. The zero-order chi connectivity index (χ0) is 19.3. The number of allylic oxidation sites excluding steroid dienone is 2. The molecular formula is C25H18ClIO. The zero-order valence-electron chi connectivity index (χ0n) is 15.2. The third kappa shape index (κ3) is 3.03. The first-order chi connectivity index (χ1) is 13.5. The summed E-state index contributed by atoms with van der Waals surface area (Å²) < 4.78 is 1.23. The molecule has 1 nitrogen and oxygen atoms in total. The van der Waals surface area contributed by atoms with E-state index in [0.29, 0.717) is 10.8 Å². The fraction of sp³-hybridized carbons (Fsp3) is 0.160. The predicted molar refractivity (Wildman–Crippen MR) is 124 cm³/mol. The van der Waals surface area contributed by atoms with Gasteiger partial charge in [0.2, 0.25) is 0 Å². The van der Waals surface area contributed by atoms with E-state index in [1.165, 1.54) is 20.3 Å². The SMILES string of the molecule is O=C1c2cc(-c3cccc(Cl)c3)ccc2CC12CC=C(c1ccc(I)cc1)C2. The molecule has 2 aliphatic carbocycles. The fourth-order valence-electron chi connectivity index (χ4n) is 4.54. The molecule has 1 unspecified atom stereocenters. The van der Waals surface area contributed by atoms with Gasteiger partial charge in [0.15, 0.2) is 5.78 Å². The Balaban J connectivity index is 1.45. The van der Waals surface area contributed by atoms with Crippen LogP contribution in [-0.2, 0) is 6.42 Å². The smallest absolute Gasteiger partial charge is 0.170 e. The molecule has 0 saturated carbocycles. The van der Waals surface area contributed by atoms with Crippen molar-refractivity contribution in [1.29, 1.82) is 0 Å². The second-order valence-electron chi connectivity index (χ2n) is 7.79. The number of hydrogen-bond donors (Lipinski definition) is 0. The minimum absolute atomic E-state index is 0.295. The lowest BCUT2D eigenvalue weighted by atomic mass is 9.80. The van der Waals surface area contributed by atoms with Crippen molar-refractivity contribution < 1.29 is 4.79 Å². The van der Waals surface area contributed by atoms with Crippen molar-refractivity contribution in [3.8, 4) is 11.1 Å². The zero-order valence-corrected chi connectivity index (χ0v) is 18.1. The highest BCUT2D eigenvalue weighted by atomic mass is 127. The molecule has 0 aromatic heterocycles. The molecule has 3 heteroatoms. The maximum Gasteiger partial charge on any atom is 0.170 e. The highest BCUT2D eigenvalue weighted by molar-refractivity contribution is 14.1. The number of carbonyl (C=O) groups is 1. The van der Waals surface area contributed by atoms with Crippen molar-refractivity contribution in [2.45, 2.75) is 19.3 Å². The van der Waals surface area contributed by atoms with Crippen LogP contribution in [0.5, 0.6) is 0 Å². The molecule has 0 bridgehead atoms. The van der Waals surface area contributed by atoms with E-state index < -0.39 is 0 Å².